The number of hydrogen-bond acceptors (Lipinski definition) is 4. The number of thiazole rings is 1. The molecular weight excluding hydrogens is 332 g/mol. The summed E-state index contributed by atoms with van der Waals surface area (Å²) in [6, 6.07) is 4.43. The van der Waals surface area contributed by atoms with Gasteiger partial charge in [-0.05, 0) is 50.8 Å². The van der Waals surface area contributed by atoms with Crippen LogP contribution in [0.15, 0.2) is 12.1 Å². The van der Waals surface area contributed by atoms with Crippen LogP contribution in [0, 0.1) is 0 Å². The summed E-state index contributed by atoms with van der Waals surface area (Å²) < 4.78 is 2.06. The van der Waals surface area contributed by atoms with Crippen LogP contribution in [0.2, 0.25) is 0 Å². The van der Waals surface area contributed by atoms with E-state index in [1.54, 1.807) is 7.05 Å². The molecule has 0 unspecified atom stereocenters. The number of fused-ring (bicyclic) bond motifs is 1. The van der Waals surface area contributed by atoms with E-state index in [1.807, 2.05) is 24.5 Å². The van der Waals surface area contributed by atoms with Gasteiger partial charge in [-0.3, -0.25) is 9.69 Å². The van der Waals surface area contributed by atoms with Gasteiger partial charge in [-0.1, -0.05) is 6.42 Å². The van der Waals surface area contributed by atoms with Crippen molar-refractivity contribution < 1.29 is 4.79 Å². The first kappa shape index (κ1) is 16.8. The van der Waals surface area contributed by atoms with Crippen molar-refractivity contribution in [2.45, 2.75) is 51.1 Å². The molecule has 4 rings (SSSR count). The Balaban J connectivity index is 1.56. The number of piperidine rings is 1. The zero-order valence-electron chi connectivity index (χ0n) is 15.0. The second-order valence-corrected chi connectivity index (χ2v) is 8.26. The molecule has 25 heavy (non-hydrogen) atoms. The second-order valence-electron chi connectivity index (χ2n) is 7.09. The first-order chi connectivity index (χ1) is 12.2. The minimum Gasteiger partial charge on any atom is -0.354 e. The lowest BCUT2D eigenvalue weighted by atomic mass is 9.99. The molecule has 3 heterocycles. The molecule has 0 saturated carbocycles. The maximum Gasteiger partial charge on any atom is 0.267 e. The third kappa shape index (κ3) is 3.13. The van der Waals surface area contributed by atoms with Gasteiger partial charge in [0.25, 0.3) is 5.91 Å². The van der Waals surface area contributed by atoms with Crippen molar-refractivity contribution in [3.05, 3.63) is 39.1 Å². The number of aryl methyl sites for hydroxylation is 2. The van der Waals surface area contributed by atoms with Crippen LogP contribution in [0.4, 0.5) is 0 Å². The van der Waals surface area contributed by atoms with E-state index in [1.165, 1.54) is 47.0 Å². The van der Waals surface area contributed by atoms with Crippen molar-refractivity contribution in [2.24, 2.45) is 7.05 Å². The molecule has 2 aliphatic rings. The van der Waals surface area contributed by atoms with Crippen molar-refractivity contribution in [1.29, 1.82) is 0 Å². The first-order valence-corrected chi connectivity index (χ1v) is 10.1. The third-order valence-electron chi connectivity index (χ3n) is 5.55. The van der Waals surface area contributed by atoms with Crippen molar-refractivity contribution in [2.75, 3.05) is 13.6 Å². The predicted octanol–water partition coefficient (Wildman–Crippen LogP) is 3.06. The molecule has 0 radical (unpaired) electrons. The highest BCUT2D eigenvalue weighted by atomic mass is 32.1. The summed E-state index contributed by atoms with van der Waals surface area (Å²) in [5.41, 5.74) is 3.31. The fraction of sp³-hybridized carbons (Fsp3) is 0.579. The molecule has 6 heteroatoms. The smallest absolute Gasteiger partial charge is 0.267 e. The second kappa shape index (κ2) is 6.92. The van der Waals surface area contributed by atoms with Crippen LogP contribution in [-0.4, -0.2) is 34.0 Å². The maximum absolute atomic E-state index is 12.0. The maximum atomic E-state index is 12.0. The number of carbonyl (C=O) groups excluding carboxylic acids is 1. The molecular formula is C19H26N4OS. The largest absolute Gasteiger partial charge is 0.354 e. The Hall–Kier alpha value is -1.66. The van der Waals surface area contributed by atoms with Crippen LogP contribution in [0.1, 0.15) is 63.5 Å². The zero-order chi connectivity index (χ0) is 17.4. The van der Waals surface area contributed by atoms with Gasteiger partial charge in [-0.2, -0.15) is 0 Å². The Bertz CT molecular complexity index is 757. The fourth-order valence-corrected chi connectivity index (χ4v) is 5.40. The predicted molar refractivity (Wildman–Crippen MR) is 99.9 cm³/mol. The number of aromatic nitrogens is 2. The van der Waals surface area contributed by atoms with E-state index in [-0.39, 0.29) is 5.91 Å². The van der Waals surface area contributed by atoms with Gasteiger partial charge in [0.15, 0.2) is 0 Å². The minimum absolute atomic E-state index is 0.0209. The summed E-state index contributed by atoms with van der Waals surface area (Å²) >= 11 is 1.91. The SMILES string of the molecule is CNC(=O)c1ccc([C@H]2CCCCN2Cc2nc3c(s2)CCC3)n1C. The molecule has 2 aromatic heterocycles. The summed E-state index contributed by atoms with van der Waals surface area (Å²) in [4.78, 5) is 21.0. The Kier molecular flexibility index (Phi) is 4.65. The summed E-state index contributed by atoms with van der Waals surface area (Å²) in [5, 5.41) is 3.99. The van der Waals surface area contributed by atoms with E-state index in [4.69, 9.17) is 4.98 Å². The van der Waals surface area contributed by atoms with Gasteiger partial charge < -0.3 is 9.88 Å². The summed E-state index contributed by atoms with van der Waals surface area (Å²) in [5.74, 6) is -0.0209. The Morgan fingerprint density at radius 3 is 3.00 bits per heavy atom. The van der Waals surface area contributed by atoms with Crippen LogP contribution >= 0.6 is 11.3 Å². The average molecular weight is 359 g/mol. The quantitative estimate of drug-likeness (QED) is 0.914. The molecule has 5 nitrogen and oxygen atoms in total. The third-order valence-corrected chi connectivity index (χ3v) is 6.70. The Morgan fingerprint density at radius 2 is 2.20 bits per heavy atom. The number of likely N-dealkylation sites (tertiary alicyclic amines) is 1. The molecule has 1 amide bonds. The highest BCUT2D eigenvalue weighted by Gasteiger charge is 2.28. The van der Waals surface area contributed by atoms with Gasteiger partial charge in [0.05, 0.1) is 18.3 Å². The van der Waals surface area contributed by atoms with E-state index >= 15 is 0 Å². The Morgan fingerprint density at radius 1 is 1.32 bits per heavy atom. The molecule has 0 bridgehead atoms. The summed E-state index contributed by atoms with van der Waals surface area (Å²) in [7, 11) is 3.69. The molecule has 1 aliphatic carbocycles. The summed E-state index contributed by atoms with van der Waals surface area (Å²) in [6.45, 7) is 2.04. The zero-order valence-corrected chi connectivity index (χ0v) is 15.9. The monoisotopic (exact) mass is 358 g/mol. The fourth-order valence-electron chi connectivity index (χ4n) is 4.22. The highest BCUT2D eigenvalue weighted by molar-refractivity contribution is 7.11. The van der Waals surface area contributed by atoms with Gasteiger partial charge in [0.1, 0.15) is 10.7 Å². The first-order valence-electron chi connectivity index (χ1n) is 9.26. The van der Waals surface area contributed by atoms with Gasteiger partial charge >= 0.3 is 0 Å². The normalized spacial score (nSPS) is 20.6. The van der Waals surface area contributed by atoms with Crippen molar-refractivity contribution in [3.63, 3.8) is 0 Å². The van der Waals surface area contributed by atoms with E-state index in [9.17, 15) is 4.79 Å². The molecule has 1 fully saturated rings. The number of nitrogens with one attached hydrogen (secondary N) is 1. The van der Waals surface area contributed by atoms with Crippen LogP contribution in [0.5, 0.6) is 0 Å². The minimum atomic E-state index is -0.0209. The number of amides is 1. The van der Waals surface area contributed by atoms with Crippen LogP contribution in [0.3, 0.4) is 0 Å². The number of carbonyl (C=O) groups is 1. The molecule has 134 valence electrons. The standard InChI is InChI=1S/C19H26N4OS/c1-20-19(24)16-10-9-14(22(16)2)15-7-3-4-11-23(15)12-18-21-13-6-5-8-17(13)25-18/h9-10,15H,3-8,11-12H2,1-2H3,(H,20,24)/t15-/m1/s1. The molecule has 1 N–H and O–H groups in total. The number of rotatable bonds is 4. The van der Waals surface area contributed by atoms with E-state index < -0.39 is 0 Å². The number of nitrogens with zero attached hydrogens (tertiary/aromatic N) is 3. The van der Waals surface area contributed by atoms with Crippen molar-refractivity contribution in [3.8, 4) is 0 Å². The van der Waals surface area contributed by atoms with E-state index in [2.05, 4.69) is 20.9 Å². The van der Waals surface area contributed by atoms with Gasteiger partial charge in [0, 0.05) is 24.7 Å². The highest BCUT2D eigenvalue weighted by Crippen LogP contribution is 2.35. The summed E-state index contributed by atoms with van der Waals surface area (Å²) in [6.07, 6.45) is 7.28. The lowest BCUT2D eigenvalue weighted by molar-refractivity contribution is 0.0952. The van der Waals surface area contributed by atoms with Crippen LogP contribution in [-0.2, 0) is 26.4 Å². The van der Waals surface area contributed by atoms with E-state index in [0.29, 0.717) is 6.04 Å². The molecule has 2 aromatic rings. The number of hydrogen-bond donors (Lipinski definition) is 1. The van der Waals surface area contributed by atoms with Crippen molar-refractivity contribution in [1.82, 2.24) is 19.8 Å². The van der Waals surface area contributed by atoms with Crippen LogP contribution < -0.4 is 5.32 Å². The average Bonchev–Trinajstić information content (AvgIpc) is 3.30. The van der Waals surface area contributed by atoms with Gasteiger partial charge in [-0.15, -0.1) is 11.3 Å². The van der Waals surface area contributed by atoms with Crippen molar-refractivity contribution >= 4 is 17.2 Å². The van der Waals surface area contributed by atoms with Gasteiger partial charge in [-0.25, -0.2) is 4.98 Å². The van der Waals surface area contributed by atoms with Gasteiger partial charge in [0.2, 0.25) is 0 Å². The Labute approximate surface area is 153 Å². The molecule has 1 aliphatic heterocycles. The van der Waals surface area contributed by atoms with Crippen LogP contribution in [0.25, 0.3) is 0 Å². The lowest BCUT2D eigenvalue weighted by Crippen LogP contribution is -2.34. The van der Waals surface area contributed by atoms with E-state index in [0.717, 1.165) is 31.6 Å². The molecule has 1 saturated heterocycles. The topological polar surface area (TPSA) is 50.2 Å². The lowest BCUT2D eigenvalue weighted by Gasteiger charge is -2.35. The molecule has 0 aromatic carbocycles. The molecule has 0 spiro atoms. The molecule has 1 atom stereocenters.